The minimum Gasteiger partial charge on any atom is -0.489 e. The smallest absolute Gasteiger partial charge is 0.121 e. The van der Waals surface area contributed by atoms with E-state index in [0.717, 1.165) is 12.2 Å². The van der Waals surface area contributed by atoms with E-state index in [-0.39, 0.29) is 12.1 Å². The van der Waals surface area contributed by atoms with Crippen LogP contribution in [0.5, 0.6) is 5.75 Å². The second-order valence-electron chi connectivity index (χ2n) is 5.07. The number of hydrogen-bond acceptors (Lipinski definition) is 2. The predicted molar refractivity (Wildman–Crippen MR) is 84.4 cm³/mol. The zero-order valence-corrected chi connectivity index (χ0v) is 12.6. The Bertz CT molecular complexity index is 570. The summed E-state index contributed by atoms with van der Waals surface area (Å²) >= 11 is 5.95. The number of halogens is 1. The molecule has 3 heteroatoms. The van der Waals surface area contributed by atoms with Crippen LogP contribution in [-0.2, 0) is 6.42 Å². The molecule has 0 aliphatic carbocycles. The molecule has 2 nitrogen and oxygen atoms in total. The summed E-state index contributed by atoms with van der Waals surface area (Å²) in [6.07, 6.45) is 0.724. The van der Waals surface area contributed by atoms with Crippen molar-refractivity contribution in [2.24, 2.45) is 5.73 Å². The fourth-order valence-corrected chi connectivity index (χ4v) is 2.28. The fourth-order valence-electron chi connectivity index (χ4n) is 2.10. The average molecular weight is 290 g/mol. The van der Waals surface area contributed by atoms with Crippen LogP contribution in [0.4, 0.5) is 0 Å². The third kappa shape index (κ3) is 3.99. The molecule has 0 aliphatic rings. The van der Waals surface area contributed by atoms with Gasteiger partial charge < -0.3 is 10.5 Å². The van der Waals surface area contributed by atoms with Crippen LogP contribution < -0.4 is 10.5 Å². The molecule has 2 atom stereocenters. The quantitative estimate of drug-likeness (QED) is 0.903. The van der Waals surface area contributed by atoms with Gasteiger partial charge in [-0.25, -0.2) is 0 Å². The molecular formula is C17H20ClNO. The van der Waals surface area contributed by atoms with Crippen molar-refractivity contribution in [3.05, 3.63) is 64.7 Å². The van der Waals surface area contributed by atoms with E-state index in [1.807, 2.05) is 37.3 Å². The molecule has 2 rings (SSSR count). The summed E-state index contributed by atoms with van der Waals surface area (Å²) in [7, 11) is 0. The number of nitrogens with two attached hydrogens (primary N) is 1. The summed E-state index contributed by atoms with van der Waals surface area (Å²) in [5, 5.41) is 0.669. The van der Waals surface area contributed by atoms with Crippen molar-refractivity contribution in [3.63, 3.8) is 0 Å². The standard InChI is InChI=1S/C17H20ClNO/c1-12-6-3-4-7-14(12)10-17(19)13(2)20-16-9-5-8-15(18)11-16/h3-9,11,13,17H,10,19H2,1-2H3. The van der Waals surface area contributed by atoms with Crippen molar-refractivity contribution in [2.45, 2.75) is 32.4 Å². The Labute approximate surface area is 125 Å². The molecule has 0 bridgehead atoms. The molecule has 0 amide bonds. The molecule has 20 heavy (non-hydrogen) atoms. The topological polar surface area (TPSA) is 35.2 Å². The highest BCUT2D eigenvalue weighted by Gasteiger charge is 2.16. The van der Waals surface area contributed by atoms with Gasteiger partial charge in [-0.1, -0.05) is 41.9 Å². The number of hydrogen-bond donors (Lipinski definition) is 1. The van der Waals surface area contributed by atoms with Crippen LogP contribution in [0.25, 0.3) is 0 Å². The van der Waals surface area contributed by atoms with E-state index >= 15 is 0 Å². The molecule has 0 saturated carbocycles. The number of benzene rings is 2. The Morgan fingerprint density at radius 1 is 1.15 bits per heavy atom. The highest BCUT2D eigenvalue weighted by molar-refractivity contribution is 6.30. The summed E-state index contributed by atoms with van der Waals surface area (Å²) in [6, 6.07) is 15.6. The summed E-state index contributed by atoms with van der Waals surface area (Å²) < 4.78 is 5.86. The Morgan fingerprint density at radius 2 is 1.90 bits per heavy atom. The van der Waals surface area contributed by atoms with E-state index in [1.165, 1.54) is 11.1 Å². The first-order chi connectivity index (χ1) is 9.56. The maximum atomic E-state index is 6.25. The van der Waals surface area contributed by atoms with Gasteiger partial charge in [-0.3, -0.25) is 0 Å². The van der Waals surface area contributed by atoms with E-state index in [4.69, 9.17) is 22.1 Å². The molecule has 0 aliphatic heterocycles. The monoisotopic (exact) mass is 289 g/mol. The minimum atomic E-state index is -0.0759. The van der Waals surface area contributed by atoms with Crippen LogP contribution in [-0.4, -0.2) is 12.1 Å². The van der Waals surface area contributed by atoms with E-state index in [1.54, 1.807) is 6.07 Å². The van der Waals surface area contributed by atoms with E-state index in [9.17, 15) is 0 Å². The largest absolute Gasteiger partial charge is 0.489 e. The second kappa shape index (κ2) is 6.78. The molecule has 2 unspecified atom stereocenters. The second-order valence-corrected chi connectivity index (χ2v) is 5.51. The van der Waals surface area contributed by atoms with E-state index in [0.29, 0.717) is 5.02 Å². The zero-order valence-electron chi connectivity index (χ0n) is 11.8. The lowest BCUT2D eigenvalue weighted by molar-refractivity contribution is 0.189. The van der Waals surface area contributed by atoms with Crippen molar-refractivity contribution in [1.82, 2.24) is 0 Å². The van der Waals surface area contributed by atoms with Gasteiger partial charge >= 0.3 is 0 Å². The first-order valence-corrected chi connectivity index (χ1v) is 7.16. The van der Waals surface area contributed by atoms with Crippen molar-refractivity contribution < 1.29 is 4.74 Å². The fraction of sp³-hybridized carbons (Fsp3) is 0.294. The molecule has 0 heterocycles. The molecule has 0 aromatic heterocycles. The lowest BCUT2D eigenvalue weighted by Gasteiger charge is -2.22. The van der Waals surface area contributed by atoms with Crippen LogP contribution in [0.15, 0.2) is 48.5 Å². The third-order valence-corrected chi connectivity index (χ3v) is 3.67. The average Bonchev–Trinajstić information content (AvgIpc) is 2.41. The van der Waals surface area contributed by atoms with Crippen LogP contribution >= 0.6 is 11.6 Å². The molecule has 106 valence electrons. The van der Waals surface area contributed by atoms with E-state index < -0.39 is 0 Å². The maximum Gasteiger partial charge on any atom is 0.121 e. The van der Waals surface area contributed by atoms with E-state index in [2.05, 4.69) is 19.1 Å². The SMILES string of the molecule is Cc1ccccc1CC(N)C(C)Oc1cccc(Cl)c1. The Morgan fingerprint density at radius 3 is 2.60 bits per heavy atom. The minimum absolute atomic E-state index is 0.0601. The Balaban J connectivity index is 1.99. The Kier molecular flexibility index (Phi) is 5.05. The van der Waals surface area contributed by atoms with Crippen LogP contribution in [0.1, 0.15) is 18.1 Å². The van der Waals surface area contributed by atoms with Crippen molar-refractivity contribution in [2.75, 3.05) is 0 Å². The molecule has 2 aromatic carbocycles. The first-order valence-electron chi connectivity index (χ1n) is 6.78. The van der Waals surface area contributed by atoms with Gasteiger partial charge in [-0.05, 0) is 49.6 Å². The highest BCUT2D eigenvalue weighted by atomic mass is 35.5. The van der Waals surface area contributed by atoms with Gasteiger partial charge in [0.1, 0.15) is 11.9 Å². The predicted octanol–water partition coefficient (Wildman–Crippen LogP) is 3.99. The molecule has 0 saturated heterocycles. The van der Waals surface area contributed by atoms with Gasteiger partial charge in [0.05, 0.1) is 0 Å². The van der Waals surface area contributed by atoms with Gasteiger partial charge in [0.2, 0.25) is 0 Å². The van der Waals surface area contributed by atoms with Crippen LogP contribution in [0.2, 0.25) is 5.02 Å². The van der Waals surface area contributed by atoms with Gasteiger partial charge in [0.15, 0.2) is 0 Å². The number of aryl methyl sites for hydroxylation is 1. The normalized spacial score (nSPS) is 13.8. The third-order valence-electron chi connectivity index (χ3n) is 3.44. The van der Waals surface area contributed by atoms with Crippen molar-refractivity contribution in [1.29, 1.82) is 0 Å². The lowest BCUT2D eigenvalue weighted by atomic mass is 9.99. The molecular weight excluding hydrogens is 270 g/mol. The van der Waals surface area contributed by atoms with Crippen LogP contribution in [0.3, 0.4) is 0 Å². The zero-order chi connectivity index (χ0) is 14.5. The summed E-state index contributed by atoms with van der Waals surface area (Å²) in [4.78, 5) is 0. The lowest BCUT2D eigenvalue weighted by Crippen LogP contribution is -2.38. The molecule has 0 fully saturated rings. The molecule has 2 N–H and O–H groups in total. The first kappa shape index (κ1) is 14.9. The van der Waals surface area contributed by atoms with Crippen molar-refractivity contribution in [3.8, 4) is 5.75 Å². The van der Waals surface area contributed by atoms with Gasteiger partial charge in [-0.15, -0.1) is 0 Å². The van der Waals surface area contributed by atoms with Gasteiger partial charge in [-0.2, -0.15) is 0 Å². The number of ether oxygens (including phenoxy) is 1. The maximum absolute atomic E-state index is 6.25. The molecule has 2 aromatic rings. The molecule has 0 radical (unpaired) electrons. The van der Waals surface area contributed by atoms with Crippen LogP contribution in [0, 0.1) is 6.92 Å². The molecule has 0 spiro atoms. The highest BCUT2D eigenvalue weighted by Crippen LogP contribution is 2.20. The van der Waals surface area contributed by atoms with Gasteiger partial charge in [0.25, 0.3) is 0 Å². The summed E-state index contributed by atoms with van der Waals surface area (Å²) in [5.74, 6) is 0.755. The van der Waals surface area contributed by atoms with Gasteiger partial charge in [0, 0.05) is 11.1 Å². The Hall–Kier alpha value is -1.51. The summed E-state index contributed by atoms with van der Waals surface area (Å²) in [5.41, 5.74) is 8.77. The number of rotatable bonds is 5. The van der Waals surface area contributed by atoms with Crippen molar-refractivity contribution >= 4 is 11.6 Å². The summed E-state index contributed by atoms with van der Waals surface area (Å²) in [6.45, 7) is 4.09.